The molecule has 0 unspecified atom stereocenters. The SMILES string of the molecule is CCOP(=O)(CNSCN(C(=O)O)c1cccc2c1OC(C)(C)C2)OCC. The molecule has 0 spiro atoms. The summed E-state index contributed by atoms with van der Waals surface area (Å²) in [6.07, 6.45) is -0.381. The summed E-state index contributed by atoms with van der Waals surface area (Å²) < 4.78 is 31.7. The number of carbonyl (C=O) groups is 1. The van der Waals surface area contributed by atoms with Gasteiger partial charge in [-0.3, -0.25) is 14.2 Å². The van der Waals surface area contributed by atoms with E-state index in [0.717, 1.165) is 23.9 Å². The Balaban J connectivity index is 2.03. The van der Waals surface area contributed by atoms with E-state index in [0.29, 0.717) is 11.4 Å². The molecule has 0 aromatic heterocycles. The molecular formula is C17H27N2O6PS. The van der Waals surface area contributed by atoms with Crippen LogP contribution in [0.1, 0.15) is 33.3 Å². The van der Waals surface area contributed by atoms with Crippen molar-refractivity contribution in [1.29, 1.82) is 0 Å². The van der Waals surface area contributed by atoms with Gasteiger partial charge in [-0.1, -0.05) is 24.1 Å². The molecule has 8 nitrogen and oxygen atoms in total. The number of benzene rings is 1. The normalized spacial score (nSPS) is 15.3. The van der Waals surface area contributed by atoms with E-state index >= 15 is 0 Å². The van der Waals surface area contributed by atoms with Crippen LogP contribution in [0, 0.1) is 0 Å². The summed E-state index contributed by atoms with van der Waals surface area (Å²) in [5, 5.41) is 9.64. The minimum absolute atomic E-state index is 0.0107. The first-order valence-electron chi connectivity index (χ1n) is 8.75. The molecule has 1 aromatic carbocycles. The molecule has 1 heterocycles. The van der Waals surface area contributed by atoms with Gasteiger partial charge in [-0.2, -0.15) is 0 Å². The fourth-order valence-corrected chi connectivity index (χ4v) is 5.31. The first-order valence-corrected chi connectivity index (χ1v) is 11.5. The van der Waals surface area contributed by atoms with Gasteiger partial charge in [0.25, 0.3) is 0 Å². The zero-order chi connectivity index (χ0) is 20.1. The van der Waals surface area contributed by atoms with E-state index < -0.39 is 13.7 Å². The number of ether oxygens (including phenoxy) is 1. The zero-order valence-corrected chi connectivity index (χ0v) is 17.8. The molecule has 0 atom stereocenters. The molecule has 27 heavy (non-hydrogen) atoms. The van der Waals surface area contributed by atoms with E-state index in [-0.39, 0.29) is 31.0 Å². The monoisotopic (exact) mass is 418 g/mol. The number of fused-ring (bicyclic) bond motifs is 1. The second-order valence-corrected chi connectivity index (χ2v) is 9.43. The van der Waals surface area contributed by atoms with Crippen LogP contribution in [-0.4, -0.2) is 42.2 Å². The predicted molar refractivity (Wildman–Crippen MR) is 107 cm³/mol. The van der Waals surface area contributed by atoms with Crippen LogP contribution in [0.2, 0.25) is 0 Å². The number of para-hydroxylation sites is 1. The topological polar surface area (TPSA) is 97.3 Å². The molecule has 0 aliphatic carbocycles. The van der Waals surface area contributed by atoms with Gasteiger partial charge in [-0.15, -0.1) is 0 Å². The Morgan fingerprint density at radius 3 is 2.63 bits per heavy atom. The van der Waals surface area contributed by atoms with Gasteiger partial charge in [-0.05, 0) is 33.8 Å². The highest BCUT2D eigenvalue weighted by molar-refractivity contribution is 7.97. The molecule has 0 radical (unpaired) electrons. The molecule has 0 fully saturated rings. The third-order valence-electron chi connectivity index (χ3n) is 3.80. The highest BCUT2D eigenvalue weighted by Crippen LogP contribution is 2.47. The maximum absolute atomic E-state index is 12.4. The van der Waals surface area contributed by atoms with Gasteiger partial charge in [0.15, 0.2) is 0 Å². The number of nitrogens with one attached hydrogen (secondary N) is 1. The highest BCUT2D eigenvalue weighted by Gasteiger charge is 2.34. The Bertz CT molecular complexity index is 705. The van der Waals surface area contributed by atoms with Gasteiger partial charge in [0.05, 0.1) is 24.8 Å². The lowest BCUT2D eigenvalue weighted by Gasteiger charge is -2.23. The van der Waals surface area contributed by atoms with Gasteiger partial charge in [0, 0.05) is 12.0 Å². The number of anilines is 1. The molecule has 0 saturated heterocycles. The molecule has 1 aromatic rings. The van der Waals surface area contributed by atoms with Crippen LogP contribution in [0.25, 0.3) is 0 Å². The van der Waals surface area contributed by atoms with Gasteiger partial charge >= 0.3 is 13.7 Å². The minimum atomic E-state index is -3.23. The Labute approximate surface area is 164 Å². The number of hydrogen-bond acceptors (Lipinski definition) is 7. The van der Waals surface area contributed by atoms with E-state index in [1.54, 1.807) is 19.9 Å². The second kappa shape index (κ2) is 9.30. The van der Waals surface area contributed by atoms with E-state index in [9.17, 15) is 14.5 Å². The molecule has 2 N–H and O–H groups in total. The molecule has 0 bridgehead atoms. The lowest BCUT2D eigenvalue weighted by molar-refractivity contribution is 0.138. The minimum Gasteiger partial charge on any atom is -0.485 e. The summed E-state index contributed by atoms with van der Waals surface area (Å²) in [6.45, 7) is 7.96. The molecule has 10 heteroatoms. The Kier molecular flexibility index (Phi) is 7.59. The van der Waals surface area contributed by atoms with Crippen molar-refractivity contribution in [2.45, 2.75) is 39.7 Å². The largest absolute Gasteiger partial charge is 0.485 e. The maximum Gasteiger partial charge on any atom is 0.412 e. The van der Waals surface area contributed by atoms with Crippen LogP contribution >= 0.6 is 19.5 Å². The van der Waals surface area contributed by atoms with Crippen molar-refractivity contribution in [3.05, 3.63) is 23.8 Å². The maximum atomic E-state index is 12.4. The second-order valence-electron chi connectivity index (χ2n) is 6.54. The summed E-state index contributed by atoms with van der Waals surface area (Å²) >= 11 is 1.12. The summed E-state index contributed by atoms with van der Waals surface area (Å²) in [6, 6.07) is 5.49. The summed E-state index contributed by atoms with van der Waals surface area (Å²) in [7, 11) is -3.23. The molecule has 0 saturated carbocycles. The Hall–Kier alpha value is -1.25. The van der Waals surface area contributed by atoms with Gasteiger partial charge < -0.3 is 18.9 Å². The average Bonchev–Trinajstić information content (AvgIpc) is 2.89. The van der Waals surface area contributed by atoms with E-state index in [1.165, 1.54) is 4.90 Å². The lowest BCUT2D eigenvalue weighted by Crippen LogP contribution is -2.31. The van der Waals surface area contributed by atoms with Crippen LogP contribution in [0.4, 0.5) is 10.5 Å². The van der Waals surface area contributed by atoms with E-state index in [1.807, 2.05) is 26.0 Å². The van der Waals surface area contributed by atoms with Crippen molar-refractivity contribution < 1.29 is 28.3 Å². The van der Waals surface area contributed by atoms with Gasteiger partial charge in [0.1, 0.15) is 17.6 Å². The zero-order valence-electron chi connectivity index (χ0n) is 16.1. The van der Waals surface area contributed by atoms with Gasteiger partial charge in [-0.25, -0.2) is 4.79 Å². The number of rotatable bonds is 10. The standard InChI is InChI=1S/C17H27N2O6PS/c1-5-23-26(22,24-6-2)11-18-27-12-19(16(20)21)14-9-7-8-13-10-17(3,4)25-15(13)14/h7-9,18H,5-6,10-12H2,1-4H3,(H,20,21). The third-order valence-corrected chi connectivity index (χ3v) is 6.60. The number of carboxylic acid groups (broad SMARTS) is 1. The first kappa shape index (κ1) is 22.0. The summed E-state index contributed by atoms with van der Waals surface area (Å²) in [4.78, 5) is 13.0. The molecule has 1 aliphatic heterocycles. The smallest absolute Gasteiger partial charge is 0.412 e. The number of nitrogens with zero attached hydrogens (tertiary/aromatic N) is 1. The Morgan fingerprint density at radius 2 is 2.04 bits per heavy atom. The van der Waals surface area contributed by atoms with Crippen molar-refractivity contribution in [3.63, 3.8) is 0 Å². The van der Waals surface area contributed by atoms with Crippen LogP contribution in [-0.2, 0) is 20.0 Å². The fraction of sp³-hybridized carbons (Fsp3) is 0.588. The van der Waals surface area contributed by atoms with Crippen molar-refractivity contribution in [2.24, 2.45) is 0 Å². The molecular weight excluding hydrogens is 391 g/mol. The average molecular weight is 418 g/mol. The summed E-state index contributed by atoms with van der Waals surface area (Å²) in [5.41, 5.74) is 1.12. The van der Waals surface area contributed by atoms with Crippen molar-refractivity contribution in [2.75, 3.05) is 30.3 Å². The van der Waals surface area contributed by atoms with Crippen molar-refractivity contribution >= 4 is 31.3 Å². The molecule has 1 aliphatic rings. The predicted octanol–water partition coefficient (Wildman–Crippen LogP) is 4.30. The molecule has 2 rings (SSSR count). The van der Waals surface area contributed by atoms with Crippen molar-refractivity contribution in [3.8, 4) is 5.75 Å². The van der Waals surface area contributed by atoms with Crippen LogP contribution in [0.15, 0.2) is 18.2 Å². The van der Waals surface area contributed by atoms with Crippen LogP contribution in [0.3, 0.4) is 0 Å². The number of amides is 1. The fourth-order valence-electron chi connectivity index (χ4n) is 2.80. The number of hydrogen-bond donors (Lipinski definition) is 2. The van der Waals surface area contributed by atoms with Crippen LogP contribution < -0.4 is 14.4 Å². The molecule has 152 valence electrons. The quantitative estimate of drug-likeness (QED) is 0.251. The highest BCUT2D eigenvalue weighted by atomic mass is 32.2. The van der Waals surface area contributed by atoms with E-state index in [4.69, 9.17) is 13.8 Å². The van der Waals surface area contributed by atoms with Crippen LogP contribution in [0.5, 0.6) is 5.75 Å². The lowest BCUT2D eigenvalue weighted by atomic mass is 10.0. The first-order chi connectivity index (χ1) is 12.7. The molecule has 1 amide bonds. The van der Waals surface area contributed by atoms with Gasteiger partial charge in [0.2, 0.25) is 0 Å². The van der Waals surface area contributed by atoms with Crippen molar-refractivity contribution in [1.82, 2.24) is 4.72 Å². The van der Waals surface area contributed by atoms with E-state index in [2.05, 4.69) is 4.72 Å². The summed E-state index contributed by atoms with van der Waals surface area (Å²) in [5.74, 6) is 0.688. The third kappa shape index (κ3) is 5.86. The Morgan fingerprint density at radius 1 is 1.37 bits per heavy atom.